The van der Waals surface area contributed by atoms with Crippen LogP contribution < -0.4 is 10.5 Å². The first kappa shape index (κ1) is 17.4. The van der Waals surface area contributed by atoms with Gasteiger partial charge in [-0.15, -0.1) is 0 Å². The van der Waals surface area contributed by atoms with Crippen molar-refractivity contribution in [2.24, 2.45) is 5.41 Å². The zero-order valence-corrected chi connectivity index (χ0v) is 14.7. The molecule has 0 saturated heterocycles. The first-order valence-electron chi connectivity index (χ1n) is 6.23. The van der Waals surface area contributed by atoms with Gasteiger partial charge in [-0.2, -0.15) is 0 Å². The van der Waals surface area contributed by atoms with Crippen molar-refractivity contribution in [3.8, 4) is 0 Å². The maximum atomic E-state index is 12.3. The summed E-state index contributed by atoms with van der Waals surface area (Å²) in [5, 5.41) is 0. The fraction of sp³-hybridized carbons (Fsp3) is 0.538. The number of rotatable bonds is 6. The van der Waals surface area contributed by atoms with Gasteiger partial charge in [0.25, 0.3) is 0 Å². The molecule has 0 spiro atoms. The summed E-state index contributed by atoms with van der Waals surface area (Å²) in [6.45, 7) is 5.16. The van der Waals surface area contributed by atoms with Gasteiger partial charge in [-0.05, 0) is 37.7 Å². The molecule has 0 radical (unpaired) electrons. The van der Waals surface area contributed by atoms with E-state index in [0.717, 1.165) is 11.0 Å². The van der Waals surface area contributed by atoms with Crippen LogP contribution in [0.1, 0.15) is 13.8 Å². The van der Waals surface area contributed by atoms with E-state index in [9.17, 15) is 8.42 Å². The second-order valence-corrected chi connectivity index (χ2v) is 8.56. The van der Waals surface area contributed by atoms with E-state index in [2.05, 4.69) is 20.7 Å². The Kier molecular flexibility index (Phi) is 5.60. The molecule has 0 aliphatic carbocycles. The highest BCUT2D eigenvalue weighted by molar-refractivity contribution is 9.10. The highest BCUT2D eigenvalue weighted by atomic mass is 79.9. The van der Waals surface area contributed by atoms with E-state index in [1.807, 2.05) is 32.8 Å². The largest absolute Gasteiger partial charge is 0.398 e. The summed E-state index contributed by atoms with van der Waals surface area (Å²) in [6, 6.07) is 4.75. The van der Waals surface area contributed by atoms with Gasteiger partial charge in [-0.1, -0.05) is 29.8 Å². The van der Waals surface area contributed by atoms with E-state index in [0.29, 0.717) is 6.54 Å². The quantitative estimate of drug-likeness (QED) is 0.756. The Morgan fingerprint density at radius 3 is 2.45 bits per heavy atom. The first-order valence-corrected chi connectivity index (χ1v) is 8.50. The van der Waals surface area contributed by atoms with Crippen LogP contribution in [0.4, 0.5) is 5.69 Å². The smallest absolute Gasteiger partial charge is 0.242 e. The molecule has 0 atom stereocenters. The van der Waals surface area contributed by atoms with E-state index in [4.69, 9.17) is 5.73 Å². The monoisotopic (exact) mass is 363 g/mol. The van der Waals surface area contributed by atoms with Crippen molar-refractivity contribution in [2.45, 2.75) is 18.7 Å². The Labute approximate surface area is 129 Å². The van der Waals surface area contributed by atoms with Gasteiger partial charge in [0.15, 0.2) is 0 Å². The first-order chi connectivity index (χ1) is 9.03. The minimum Gasteiger partial charge on any atom is -0.398 e. The summed E-state index contributed by atoms with van der Waals surface area (Å²) >= 11 is 3.26. The number of hydrogen-bond donors (Lipinski definition) is 2. The Morgan fingerprint density at radius 2 is 1.95 bits per heavy atom. The van der Waals surface area contributed by atoms with Crippen molar-refractivity contribution in [1.82, 2.24) is 9.62 Å². The summed E-state index contributed by atoms with van der Waals surface area (Å²) in [5.41, 5.74) is 5.84. The molecule has 0 aromatic heterocycles. The van der Waals surface area contributed by atoms with Crippen LogP contribution in [0.5, 0.6) is 0 Å². The third kappa shape index (κ3) is 5.05. The van der Waals surface area contributed by atoms with Gasteiger partial charge in [0.1, 0.15) is 4.90 Å². The van der Waals surface area contributed by atoms with E-state index in [1.165, 1.54) is 6.07 Å². The molecule has 0 fully saturated rings. The standard InChI is InChI=1S/C13H22BrN3O2S/c1-13(2,9-17(3)4)8-16-20(18,19)12-6-5-10(14)7-11(12)15/h5-7,16H,8-9,15H2,1-4H3. The van der Waals surface area contributed by atoms with Crippen LogP contribution in [0.25, 0.3) is 0 Å². The SMILES string of the molecule is CN(C)CC(C)(C)CNS(=O)(=O)c1ccc(Br)cc1N. The Bertz CT molecular complexity index is 571. The number of nitrogens with one attached hydrogen (secondary N) is 1. The zero-order chi connectivity index (χ0) is 15.6. The fourth-order valence-electron chi connectivity index (χ4n) is 2.04. The lowest BCUT2D eigenvalue weighted by Crippen LogP contribution is -2.40. The molecule has 0 amide bonds. The van der Waals surface area contributed by atoms with Crippen LogP contribution in [-0.4, -0.2) is 40.5 Å². The lowest BCUT2D eigenvalue weighted by molar-refractivity contribution is 0.242. The maximum absolute atomic E-state index is 12.3. The van der Waals surface area contributed by atoms with Crippen molar-refractivity contribution in [3.63, 3.8) is 0 Å². The third-order valence-corrected chi connectivity index (χ3v) is 4.71. The maximum Gasteiger partial charge on any atom is 0.242 e. The Balaban J connectivity index is 2.85. The topological polar surface area (TPSA) is 75.4 Å². The van der Waals surface area contributed by atoms with Crippen LogP contribution in [0.15, 0.2) is 27.6 Å². The van der Waals surface area contributed by atoms with Crippen molar-refractivity contribution < 1.29 is 8.42 Å². The molecule has 1 aromatic carbocycles. The number of halogens is 1. The molecular weight excluding hydrogens is 342 g/mol. The molecule has 1 rings (SSSR count). The van der Waals surface area contributed by atoms with Gasteiger partial charge >= 0.3 is 0 Å². The molecule has 5 nitrogen and oxygen atoms in total. The molecule has 20 heavy (non-hydrogen) atoms. The number of anilines is 1. The molecule has 0 heterocycles. The minimum absolute atomic E-state index is 0.112. The predicted octanol–water partition coefficient (Wildman–Crippen LogP) is 1.90. The fourth-order valence-corrected chi connectivity index (χ4v) is 3.78. The van der Waals surface area contributed by atoms with Gasteiger partial charge in [0, 0.05) is 17.6 Å². The normalized spacial score (nSPS) is 12.9. The highest BCUT2D eigenvalue weighted by Crippen LogP contribution is 2.23. The molecule has 0 bridgehead atoms. The number of hydrogen-bond acceptors (Lipinski definition) is 4. The molecule has 0 saturated carbocycles. The molecule has 0 unspecified atom stereocenters. The van der Waals surface area contributed by atoms with Crippen LogP contribution >= 0.6 is 15.9 Å². The van der Waals surface area contributed by atoms with Crippen molar-refractivity contribution in [1.29, 1.82) is 0 Å². The Hall–Kier alpha value is -0.630. The summed E-state index contributed by atoms with van der Waals surface area (Å²) in [4.78, 5) is 2.14. The predicted molar refractivity (Wildman–Crippen MR) is 86.1 cm³/mol. The van der Waals surface area contributed by atoms with Gasteiger partial charge < -0.3 is 10.6 Å². The second kappa shape index (κ2) is 6.43. The van der Waals surface area contributed by atoms with Crippen LogP contribution in [0.2, 0.25) is 0 Å². The molecule has 114 valence electrons. The summed E-state index contributed by atoms with van der Waals surface area (Å²) in [6.07, 6.45) is 0. The van der Waals surface area contributed by atoms with Crippen LogP contribution in [-0.2, 0) is 10.0 Å². The second-order valence-electron chi connectivity index (χ2n) is 5.91. The lowest BCUT2D eigenvalue weighted by atomic mass is 9.93. The molecule has 3 N–H and O–H groups in total. The third-order valence-electron chi connectivity index (χ3n) is 2.75. The van der Waals surface area contributed by atoms with E-state index in [1.54, 1.807) is 12.1 Å². The van der Waals surface area contributed by atoms with Crippen molar-refractivity contribution >= 4 is 31.6 Å². The average Bonchev–Trinajstić information content (AvgIpc) is 2.24. The number of nitrogen functional groups attached to an aromatic ring is 1. The van der Waals surface area contributed by atoms with Crippen molar-refractivity contribution in [3.05, 3.63) is 22.7 Å². The average molecular weight is 364 g/mol. The number of benzene rings is 1. The lowest BCUT2D eigenvalue weighted by Gasteiger charge is -2.28. The van der Waals surface area contributed by atoms with Gasteiger partial charge in [-0.25, -0.2) is 13.1 Å². The summed E-state index contributed by atoms with van der Waals surface area (Å²) in [5.74, 6) is 0. The molecule has 0 aliphatic rings. The van der Waals surface area contributed by atoms with E-state index in [-0.39, 0.29) is 16.0 Å². The van der Waals surface area contributed by atoms with Gasteiger partial charge in [0.2, 0.25) is 10.0 Å². The summed E-state index contributed by atoms with van der Waals surface area (Å²) in [7, 11) is 0.331. The zero-order valence-electron chi connectivity index (χ0n) is 12.3. The van der Waals surface area contributed by atoms with Crippen LogP contribution in [0.3, 0.4) is 0 Å². The van der Waals surface area contributed by atoms with Crippen LogP contribution in [0, 0.1) is 5.41 Å². The molecule has 0 aliphatic heterocycles. The number of nitrogens with two attached hydrogens (primary N) is 1. The highest BCUT2D eigenvalue weighted by Gasteiger charge is 2.24. The Morgan fingerprint density at radius 1 is 1.35 bits per heavy atom. The van der Waals surface area contributed by atoms with E-state index >= 15 is 0 Å². The minimum atomic E-state index is -3.59. The van der Waals surface area contributed by atoms with E-state index < -0.39 is 10.0 Å². The van der Waals surface area contributed by atoms with Crippen molar-refractivity contribution in [2.75, 3.05) is 32.9 Å². The number of nitrogens with zero attached hydrogens (tertiary/aromatic N) is 1. The summed E-state index contributed by atoms with van der Waals surface area (Å²) < 4.78 is 27.9. The molecular formula is C13H22BrN3O2S. The van der Waals surface area contributed by atoms with Gasteiger partial charge in [0.05, 0.1) is 5.69 Å². The van der Waals surface area contributed by atoms with Gasteiger partial charge in [-0.3, -0.25) is 0 Å². The molecule has 1 aromatic rings. The molecule has 7 heteroatoms. The number of sulfonamides is 1.